The highest BCUT2D eigenvalue weighted by Gasteiger charge is 2.07. The van der Waals surface area contributed by atoms with Crippen LogP contribution in [0.15, 0.2) is 18.2 Å². The average molecular weight is 240 g/mol. The number of nitrogens with one attached hydrogen (secondary N) is 2. The van der Waals surface area contributed by atoms with Crippen molar-refractivity contribution in [2.75, 3.05) is 24.4 Å². The third-order valence-electron chi connectivity index (χ3n) is 2.11. The molecule has 0 radical (unpaired) electrons. The van der Waals surface area contributed by atoms with Gasteiger partial charge in [0.15, 0.2) is 0 Å². The molecule has 0 saturated carbocycles. The molecule has 0 spiro atoms. The summed E-state index contributed by atoms with van der Waals surface area (Å²) < 4.78 is 18.3. The number of amides is 1. The number of methoxy groups -OCH3 is 1. The fourth-order valence-corrected chi connectivity index (χ4v) is 1.48. The van der Waals surface area contributed by atoms with Crippen molar-refractivity contribution >= 4 is 17.3 Å². The molecule has 1 rings (SSSR count). The second kappa shape index (κ2) is 6.20. The molecule has 1 atom stereocenters. The lowest BCUT2D eigenvalue weighted by Gasteiger charge is -2.15. The molecule has 17 heavy (non-hydrogen) atoms. The normalized spacial score (nSPS) is 12.0. The van der Waals surface area contributed by atoms with E-state index in [0.29, 0.717) is 6.61 Å². The van der Waals surface area contributed by atoms with E-state index in [0.717, 1.165) is 5.69 Å². The van der Waals surface area contributed by atoms with Gasteiger partial charge in [-0.05, 0) is 25.1 Å². The Labute approximate surface area is 100 Å². The van der Waals surface area contributed by atoms with E-state index in [-0.39, 0.29) is 17.6 Å². The summed E-state index contributed by atoms with van der Waals surface area (Å²) in [7, 11) is 1.62. The molecule has 1 aromatic rings. The Morgan fingerprint density at radius 2 is 2.24 bits per heavy atom. The van der Waals surface area contributed by atoms with E-state index < -0.39 is 5.82 Å². The zero-order valence-corrected chi connectivity index (χ0v) is 10.2. The zero-order valence-electron chi connectivity index (χ0n) is 10.2. The smallest absolute Gasteiger partial charge is 0.221 e. The Hall–Kier alpha value is -1.62. The van der Waals surface area contributed by atoms with Crippen molar-refractivity contribution in [3.63, 3.8) is 0 Å². The van der Waals surface area contributed by atoms with Crippen LogP contribution in [0.4, 0.5) is 15.8 Å². The summed E-state index contributed by atoms with van der Waals surface area (Å²) in [6, 6.07) is 4.60. The van der Waals surface area contributed by atoms with E-state index >= 15 is 0 Å². The maximum absolute atomic E-state index is 13.3. The number of carbonyl (C=O) groups is 1. The van der Waals surface area contributed by atoms with Crippen molar-refractivity contribution in [1.29, 1.82) is 0 Å². The molecule has 1 unspecified atom stereocenters. The first-order chi connectivity index (χ1) is 8.02. The van der Waals surface area contributed by atoms with Gasteiger partial charge in [0, 0.05) is 25.8 Å². The number of ether oxygens (including phenoxy) is 1. The predicted octanol–water partition coefficient (Wildman–Crippen LogP) is 2.23. The van der Waals surface area contributed by atoms with Gasteiger partial charge in [-0.25, -0.2) is 4.39 Å². The molecule has 1 amide bonds. The maximum Gasteiger partial charge on any atom is 0.221 e. The molecule has 0 aromatic heterocycles. The number of hydrogen-bond donors (Lipinski definition) is 2. The second-order valence-corrected chi connectivity index (χ2v) is 3.88. The zero-order chi connectivity index (χ0) is 12.8. The summed E-state index contributed by atoms with van der Waals surface area (Å²) in [5.74, 6) is -0.754. The number of rotatable bonds is 5. The molecule has 0 fully saturated rings. The molecule has 0 bridgehead atoms. The Morgan fingerprint density at radius 1 is 1.53 bits per heavy atom. The van der Waals surface area contributed by atoms with Crippen LogP contribution < -0.4 is 10.6 Å². The number of hydrogen-bond acceptors (Lipinski definition) is 3. The van der Waals surface area contributed by atoms with Crippen LogP contribution in [-0.2, 0) is 9.53 Å². The minimum absolute atomic E-state index is 0.107. The van der Waals surface area contributed by atoms with E-state index in [9.17, 15) is 9.18 Å². The molecule has 4 nitrogen and oxygen atoms in total. The van der Waals surface area contributed by atoms with Gasteiger partial charge in [0.05, 0.1) is 12.3 Å². The van der Waals surface area contributed by atoms with E-state index in [1.54, 1.807) is 19.2 Å². The standard InChI is InChI=1S/C12H17FN2O2/c1-8(7-17-3)14-10-4-5-11(13)12(6-10)15-9(2)16/h4-6,8,14H,7H2,1-3H3,(H,15,16). The van der Waals surface area contributed by atoms with E-state index in [1.807, 2.05) is 6.92 Å². The second-order valence-electron chi connectivity index (χ2n) is 3.88. The first-order valence-electron chi connectivity index (χ1n) is 5.35. The van der Waals surface area contributed by atoms with Crippen LogP contribution in [0.25, 0.3) is 0 Å². The van der Waals surface area contributed by atoms with Gasteiger partial charge in [0.25, 0.3) is 0 Å². The minimum Gasteiger partial charge on any atom is -0.383 e. The first-order valence-corrected chi connectivity index (χ1v) is 5.35. The van der Waals surface area contributed by atoms with Crippen LogP contribution in [0.5, 0.6) is 0 Å². The Balaban J connectivity index is 2.77. The summed E-state index contributed by atoms with van der Waals surface area (Å²) in [5.41, 5.74) is 0.909. The molecule has 0 saturated heterocycles. The summed E-state index contributed by atoms with van der Waals surface area (Å²) >= 11 is 0. The average Bonchev–Trinajstić information content (AvgIpc) is 2.22. The van der Waals surface area contributed by atoms with Gasteiger partial charge >= 0.3 is 0 Å². The lowest BCUT2D eigenvalue weighted by Crippen LogP contribution is -2.21. The summed E-state index contributed by atoms with van der Waals surface area (Å²) in [6.45, 7) is 3.84. The first kappa shape index (κ1) is 13.4. The topological polar surface area (TPSA) is 50.4 Å². The van der Waals surface area contributed by atoms with Crippen molar-refractivity contribution in [3.05, 3.63) is 24.0 Å². The van der Waals surface area contributed by atoms with Gasteiger partial charge in [-0.3, -0.25) is 4.79 Å². The quantitative estimate of drug-likeness (QED) is 0.829. The fourth-order valence-electron chi connectivity index (χ4n) is 1.48. The molecular weight excluding hydrogens is 223 g/mol. The van der Waals surface area contributed by atoms with Gasteiger partial charge in [-0.15, -0.1) is 0 Å². The summed E-state index contributed by atoms with van der Waals surface area (Å²) in [5, 5.41) is 5.57. The highest BCUT2D eigenvalue weighted by atomic mass is 19.1. The van der Waals surface area contributed by atoms with Crippen LogP contribution in [0.2, 0.25) is 0 Å². The largest absolute Gasteiger partial charge is 0.383 e. The lowest BCUT2D eigenvalue weighted by atomic mass is 10.2. The molecule has 0 aliphatic rings. The van der Waals surface area contributed by atoms with Gasteiger partial charge in [0.2, 0.25) is 5.91 Å². The lowest BCUT2D eigenvalue weighted by molar-refractivity contribution is -0.114. The van der Waals surface area contributed by atoms with E-state index in [4.69, 9.17) is 4.74 Å². The number of carbonyl (C=O) groups excluding carboxylic acids is 1. The molecule has 1 aromatic carbocycles. The Bertz CT molecular complexity index is 396. The van der Waals surface area contributed by atoms with Crippen molar-refractivity contribution in [3.8, 4) is 0 Å². The number of benzene rings is 1. The van der Waals surface area contributed by atoms with Crippen molar-refractivity contribution in [1.82, 2.24) is 0 Å². The van der Waals surface area contributed by atoms with Crippen molar-refractivity contribution < 1.29 is 13.9 Å². The van der Waals surface area contributed by atoms with Gasteiger partial charge in [-0.2, -0.15) is 0 Å². The van der Waals surface area contributed by atoms with E-state index in [2.05, 4.69) is 10.6 Å². The molecule has 0 aliphatic carbocycles. The third-order valence-corrected chi connectivity index (χ3v) is 2.11. The summed E-state index contributed by atoms with van der Waals surface area (Å²) in [6.07, 6.45) is 0. The molecular formula is C12H17FN2O2. The van der Waals surface area contributed by atoms with Crippen LogP contribution in [0.1, 0.15) is 13.8 Å². The molecule has 5 heteroatoms. The SMILES string of the molecule is COCC(C)Nc1ccc(F)c(NC(C)=O)c1. The number of anilines is 2. The minimum atomic E-state index is -0.454. The van der Waals surface area contributed by atoms with Crippen LogP contribution >= 0.6 is 0 Å². The fraction of sp³-hybridized carbons (Fsp3) is 0.417. The maximum atomic E-state index is 13.3. The molecule has 2 N–H and O–H groups in total. The van der Waals surface area contributed by atoms with E-state index in [1.165, 1.54) is 13.0 Å². The third kappa shape index (κ3) is 4.40. The van der Waals surface area contributed by atoms with Crippen LogP contribution in [0, 0.1) is 5.82 Å². The van der Waals surface area contributed by atoms with Crippen molar-refractivity contribution in [2.45, 2.75) is 19.9 Å². The van der Waals surface area contributed by atoms with Crippen LogP contribution in [-0.4, -0.2) is 25.7 Å². The van der Waals surface area contributed by atoms with Gasteiger partial charge < -0.3 is 15.4 Å². The molecule has 94 valence electrons. The Kier molecular flexibility index (Phi) is 4.90. The molecule has 0 aliphatic heterocycles. The Morgan fingerprint density at radius 3 is 2.82 bits per heavy atom. The number of halogens is 1. The van der Waals surface area contributed by atoms with Crippen LogP contribution in [0.3, 0.4) is 0 Å². The summed E-state index contributed by atoms with van der Waals surface area (Å²) in [4.78, 5) is 10.9. The monoisotopic (exact) mass is 240 g/mol. The molecule has 0 heterocycles. The van der Waals surface area contributed by atoms with Gasteiger partial charge in [0.1, 0.15) is 5.82 Å². The highest BCUT2D eigenvalue weighted by molar-refractivity contribution is 5.89. The van der Waals surface area contributed by atoms with Crippen molar-refractivity contribution in [2.24, 2.45) is 0 Å². The highest BCUT2D eigenvalue weighted by Crippen LogP contribution is 2.20. The van der Waals surface area contributed by atoms with Gasteiger partial charge in [-0.1, -0.05) is 0 Å². The predicted molar refractivity (Wildman–Crippen MR) is 65.7 cm³/mol.